The molecule has 1 aliphatic heterocycles. The normalized spacial score (nSPS) is 16.4. The molecule has 0 aromatic heterocycles. The van der Waals surface area contributed by atoms with E-state index in [-0.39, 0.29) is 48.1 Å². The third kappa shape index (κ3) is 8.25. The Morgan fingerprint density at radius 1 is 1.16 bits per heavy atom. The Balaban J connectivity index is 0.00000341. The summed E-state index contributed by atoms with van der Waals surface area (Å²) in [7, 11) is 0. The minimum absolute atomic E-state index is 0. The van der Waals surface area contributed by atoms with E-state index in [2.05, 4.69) is 20.4 Å². The first-order valence-electron chi connectivity index (χ1n) is 9.23. The molecule has 1 fully saturated rings. The van der Waals surface area contributed by atoms with E-state index in [0.717, 1.165) is 12.0 Å². The summed E-state index contributed by atoms with van der Waals surface area (Å²) in [6.45, 7) is 0.842. The van der Waals surface area contributed by atoms with Gasteiger partial charge in [0, 0.05) is 18.0 Å². The molecule has 7 nitrogen and oxygen atoms in total. The summed E-state index contributed by atoms with van der Waals surface area (Å²) >= 11 is 0. The van der Waals surface area contributed by atoms with Crippen molar-refractivity contribution >= 4 is 47.2 Å². The topological polar surface area (TPSA) is 98.0 Å². The lowest BCUT2D eigenvalue weighted by atomic mass is 10.2. The van der Waals surface area contributed by atoms with Crippen LogP contribution in [0.4, 0.5) is 24.5 Å². The van der Waals surface area contributed by atoms with E-state index >= 15 is 0 Å². The molecule has 0 saturated carbocycles. The first-order chi connectivity index (χ1) is 14.3. The maximum Gasteiger partial charge on any atom is 0.573 e. The van der Waals surface area contributed by atoms with Crippen LogP contribution in [0.2, 0.25) is 0 Å². The Kier molecular flexibility index (Phi) is 8.92. The summed E-state index contributed by atoms with van der Waals surface area (Å²) in [5.74, 6) is -0.411. The van der Waals surface area contributed by atoms with Crippen molar-refractivity contribution in [2.45, 2.75) is 31.9 Å². The monoisotopic (exact) mass is 550 g/mol. The second-order valence-corrected chi connectivity index (χ2v) is 6.59. The molecule has 0 bridgehead atoms. The largest absolute Gasteiger partial charge is 0.573 e. The molecule has 0 spiro atoms. The van der Waals surface area contributed by atoms with E-state index < -0.39 is 12.5 Å². The Morgan fingerprint density at radius 3 is 2.55 bits per heavy atom. The van der Waals surface area contributed by atoms with Crippen LogP contribution in [-0.4, -0.2) is 30.9 Å². The fourth-order valence-electron chi connectivity index (χ4n) is 2.86. The van der Waals surface area contributed by atoms with Gasteiger partial charge in [-0.05, 0) is 54.8 Å². The van der Waals surface area contributed by atoms with Crippen LogP contribution < -0.4 is 21.1 Å². The summed E-state index contributed by atoms with van der Waals surface area (Å²) < 4.78 is 45.7. The number of amides is 1. The second-order valence-electron chi connectivity index (χ2n) is 6.59. The van der Waals surface area contributed by atoms with Gasteiger partial charge in [0.2, 0.25) is 0 Å². The summed E-state index contributed by atoms with van der Waals surface area (Å²) in [6.07, 6.45) is -3.58. The van der Waals surface area contributed by atoms with Gasteiger partial charge in [0.25, 0.3) is 5.91 Å². The zero-order valence-corrected chi connectivity index (χ0v) is 18.6. The molecule has 3 rings (SSSR count). The number of nitrogens with zero attached hydrogens (tertiary/aromatic N) is 1. The molecule has 2 aromatic carbocycles. The van der Waals surface area contributed by atoms with Crippen LogP contribution >= 0.6 is 24.0 Å². The van der Waals surface area contributed by atoms with Gasteiger partial charge in [-0.3, -0.25) is 4.79 Å². The summed E-state index contributed by atoms with van der Waals surface area (Å²) in [5, 5.41) is 5.61. The van der Waals surface area contributed by atoms with Crippen molar-refractivity contribution in [2.24, 2.45) is 10.7 Å². The molecule has 1 saturated heterocycles. The first-order valence-corrected chi connectivity index (χ1v) is 9.23. The van der Waals surface area contributed by atoms with Crippen LogP contribution in [0.15, 0.2) is 53.5 Å². The Morgan fingerprint density at radius 2 is 1.90 bits per heavy atom. The van der Waals surface area contributed by atoms with Gasteiger partial charge in [-0.25, -0.2) is 4.99 Å². The fourth-order valence-corrected chi connectivity index (χ4v) is 2.86. The minimum atomic E-state index is -4.74. The van der Waals surface area contributed by atoms with Crippen molar-refractivity contribution in [1.29, 1.82) is 0 Å². The van der Waals surface area contributed by atoms with Crippen LogP contribution in [-0.2, 0) is 16.1 Å². The van der Waals surface area contributed by atoms with Gasteiger partial charge in [-0.15, -0.1) is 37.1 Å². The molecule has 1 amide bonds. The number of anilines is 2. The van der Waals surface area contributed by atoms with Gasteiger partial charge in [-0.1, -0.05) is 12.1 Å². The molecular weight excluding hydrogens is 528 g/mol. The number of nitrogens with two attached hydrogens (primary N) is 1. The molecule has 1 atom stereocenters. The fraction of sp³-hybridized carbons (Fsp3) is 0.300. The number of carbonyl (C=O) groups is 1. The number of rotatable bonds is 6. The van der Waals surface area contributed by atoms with Crippen LogP contribution in [0.3, 0.4) is 0 Å². The van der Waals surface area contributed by atoms with Crippen molar-refractivity contribution < 1.29 is 27.4 Å². The summed E-state index contributed by atoms with van der Waals surface area (Å²) in [6, 6.07) is 12.3. The average molecular weight is 550 g/mol. The number of nitrogens with one attached hydrogen (secondary N) is 2. The number of alkyl halides is 3. The third-order valence-electron chi connectivity index (χ3n) is 4.21. The molecular formula is C20H22F3IN4O3. The van der Waals surface area contributed by atoms with E-state index in [0.29, 0.717) is 24.4 Å². The van der Waals surface area contributed by atoms with Crippen molar-refractivity contribution in [3.05, 3.63) is 54.1 Å². The molecule has 1 unspecified atom stereocenters. The lowest BCUT2D eigenvalue weighted by Crippen LogP contribution is -2.26. The quantitative estimate of drug-likeness (QED) is 0.284. The van der Waals surface area contributed by atoms with Crippen molar-refractivity contribution in [2.75, 3.05) is 17.2 Å². The molecule has 11 heteroatoms. The summed E-state index contributed by atoms with van der Waals surface area (Å²) in [5.41, 5.74) is 7.75. The zero-order chi connectivity index (χ0) is 21.6. The number of carbonyl (C=O) groups excluding carboxylic acids is 1. The molecule has 1 aliphatic rings. The molecule has 31 heavy (non-hydrogen) atoms. The van der Waals surface area contributed by atoms with Crippen LogP contribution in [0.5, 0.6) is 5.75 Å². The van der Waals surface area contributed by atoms with Gasteiger partial charge in [0.1, 0.15) is 11.9 Å². The van der Waals surface area contributed by atoms with Gasteiger partial charge < -0.3 is 25.8 Å². The SMILES string of the molecule is I.NC(=NCc1cccc(NC(=O)C2CCCO2)c1)Nc1ccc(OC(F)(F)F)cc1. The van der Waals surface area contributed by atoms with Gasteiger partial charge >= 0.3 is 6.36 Å². The van der Waals surface area contributed by atoms with Crippen molar-refractivity contribution in [3.8, 4) is 5.75 Å². The minimum Gasteiger partial charge on any atom is -0.406 e. The number of benzene rings is 2. The molecule has 2 aromatic rings. The number of guanidine groups is 1. The molecule has 1 heterocycles. The number of ether oxygens (including phenoxy) is 2. The lowest BCUT2D eigenvalue weighted by Gasteiger charge is -2.11. The second kappa shape index (κ2) is 11.2. The Bertz CT molecular complexity index is 901. The maximum atomic E-state index is 12.2. The number of hydrogen-bond acceptors (Lipinski definition) is 4. The summed E-state index contributed by atoms with van der Waals surface area (Å²) in [4.78, 5) is 16.3. The first kappa shape index (κ1) is 24.7. The standard InChI is InChI=1S/C20H21F3N4O3.HI/c21-20(22,23)30-16-8-6-14(7-9-16)27-19(24)25-12-13-3-1-4-15(11-13)26-18(28)17-5-2-10-29-17;/h1,3-4,6-9,11,17H,2,5,10,12H2,(H,26,28)(H3,24,25,27);1H. The highest BCUT2D eigenvalue weighted by molar-refractivity contribution is 14.0. The van der Waals surface area contributed by atoms with Crippen molar-refractivity contribution in [3.63, 3.8) is 0 Å². The number of aliphatic imine (C=N–C) groups is 1. The molecule has 4 N–H and O–H groups in total. The molecule has 168 valence electrons. The average Bonchev–Trinajstić information content (AvgIpc) is 3.22. The van der Waals surface area contributed by atoms with E-state index in [1.165, 1.54) is 24.3 Å². The van der Waals surface area contributed by atoms with E-state index in [1.54, 1.807) is 18.2 Å². The van der Waals surface area contributed by atoms with Crippen LogP contribution in [0, 0.1) is 0 Å². The number of hydrogen-bond donors (Lipinski definition) is 3. The smallest absolute Gasteiger partial charge is 0.406 e. The number of halogens is 4. The third-order valence-corrected chi connectivity index (χ3v) is 4.21. The Hall–Kier alpha value is -2.54. The molecule has 0 radical (unpaired) electrons. The van der Waals surface area contributed by atoms with Gasteiger partial charge in [0.15, 0.2) is 5.96 Å². The Labute approximate surface area is 194 Å². The van der Waals surface area contributed by atoms with Crippen molar-refractivity contribution in [1.82, 2.24) is 0 Å². The van der Waals surface area contributed by atoms with E-state index in [1.807, 2.05) is 6.07 Å². The van der Waals surface area contributed by atoms with Gasteiger partial charge in [0.05, 0.1) is 6.54 Å². The zero-order valence-electron chi connectivity index (χ0n) is 16.3. The van der Waals surface area contributed by atoms with Gasteiger partial charge in [-0.2, -0.15) is 0 Å². The highest BCUT2D eigenvalue weighted by Gasteiger charge is 2.31. The van der Waals surface area contributed by atoms with E-state index in [4.69, 9.17) is 10.5 Å². The maximum absolute atomic E-state index is 12.2. The van der Waals surface area contributed by atoms with Crippen LogP contribution in [0.1, 0.15) is 18.4 Å². The van der Waals surface area contributed by atoms with Crippen LogP contribution in [0.25, 0.3) is 0 Å². The van der Waals surface area contributed by atoms with E-state index in [9.17, 15) is 18.0 Å². The predicted octanol–water partition coefficient (Wildman–Crippen LogP) is 4.25. The predicted molar refractivity (Wildman–Crippen MR) is 122 cm³/mol. The highest BCUT2D eigenvalue weighted by Crippen LogP contribution is 2.24. The lowest BCUT2D eigenvalue weighted by molar-refractivity contribution is -0.274. The highest BCUT2D eigenvalue weighted by atomic mass is 127. The molecule has 0 aliphatic carbocycles.